The van der Waals surface area contributed by atoms with Gasteiger partial charge in [-0.3, -0.25) is 0 Å². The fraction of sp³-hybridized carbons (Fsp3) is 0.500. The summed E-state index contributed by atoms with van der Waals surface area (Å²) in [6.45, 7) is 4.02. The van der Waals surface area contributed by atoms with E-state index in [9.17, 15) is 0 Å². The molecule has 13 heavy (non-hydrogen) atoms. The predicted octanol–water partition coefficient (Wildman–Crippen LogP) is 0.888. The van der Waals surface area contributed by atoms with E-state index < -0.39 is 0 Å². The highest BCUT2D eigenvalue weighted by Crippen LogP contribution is 2.26. The molecule has 3 N–H and O–H groups in total. The molecule has 0 spiro atoms. The lowest BCUT2D eigenvalue weighted by molar-refractivity contribution is 0.415. The molecule has 0 aliphatic carbocycles. The lowest BCUT2D eigenvalue weighted by Crippen LogP contribution is -2.13. The molecule has 0 fully saturated rings. The molecule has 0 saturated heterocycles. The molecule has 0 bridgehead atoms. The summed E-state index contributed by atoms with van der Waals surface area (Å²) in [5, 5.41) is 3.11. The van der Waals surface area contributed by atoms with Crippen molar-refractivity contribution in [3.8, 4) is 5.75 Å². The molecule has 5 nitrogen and oxygen atoms in total. The fourth-order valence-electron chi connectivity index (χ4n) is 0.965. The summed E-state index contributed by atoms with van der Waals surface area (Å²) in [6.07, 6.45) is 1.41. The zero-order valence-electron chi connectivity index (χ0n) is 8.03. The van der Waals surface area contributed by atoms with Gasteiger partial charge in [0.1, 0.15) is 6.33 Å². The van der Waals surface area contributed by atoms with E-state index in [0.717, 1.165) is 0 Å². The van der Waals surface area contributed by atoms with Crippen LogP contribution in [-0.4, -0.2) is 23.1 Å². The van der Waals surface area contributed by atoms with Crippen LogP contribution < -0.4 is 15.8 Å². The van der Waals surface area contributed by atoms with Crippen LogP contribution in [0.15, 0.2) is 6.33 Å². The first-order chi connectivity index (χ1) is 6.15. The average molecular weight is 182 g/mol. The molecule has 1 aromatic heterocycles. The first-order valence-electron chi connectivity index (χ1n) is 4.06. The molecule has 0 atom stereocenters. The van der Waals surface area contributed by atoms with Gasteiger partial charge in [0.05, 0.1) is 7.11 Å². The predicted molar refractivity (Wildman–Crippen MR) is 51.8 cm³/mol. The number of nitrogens with zero attached hydrogens (tertiary/aromatic N) is 2. The van der Waals surface area contributed by atoms with Crippen molar-refractivity contribution >= 4 is 11.6 Å². The SMILES string of the molecule is COc1c(N)ncnc1NC(C)C. The summed E-state index contributed by atoms with van der Waals surface area (Å²) in [6, 6.07) is 0.281. The van der Waals surface area contributed by atoms with Crippen LogP contribution in [0.2, 0.25) is 0 Å². The quantitative estimate of drug-likeness (QED) is 0.726. The Morgan fingerprint density at radius 2 is 2.15 bits per heavy atom. The van der Waals surface area contributed by atoms with E-state index in [1.165, 1.54) is 6.33 Å². The number of nitrogens with one attached hydrogen (secondary N) is 1. The van der Waals surface area contributed by atoms with Gasteiger partial charge >= 0.3 is 0 Å². The van der Waals surface area contributed by atoms with Crippen molar-refractivity contribution in [1.29, 1.82) is 0 Å². The highest BCUT2D eigenvalue weighted by molar-refractivity contribution is 5.61. The van der Waals surface area contributed by atoms with E-state index in [0.29, 0.717) is 17.4 Å². The number of nitrogen functional groups attached to an aromatic ring is 1. The number of rotatable bonds is 3. The van der Waals surface area contributed by atoms with E-state index in [4.69, 9.17) is 10.5 Å². The van der Waals surface area contributed by atoms with Crippen LogP contribution in [0.5, 0.6) is 5.75 Å². The Morgan fingerprint density at radius 3 is 2.69 bits per heavy atom. The third-order valence-corrected chi connectivity index (χ3v) is 1.46. The Labute approximate surface area is 77.3 Å². The Kier molecular flexibility index (Phi) is 2.89. The zero-order valence-corrected chi connectivity index (χ0v) is 8.03. The van der Waals surface area contributed by atoms with Crippen molar-refractivity contribution in [2.75, 3.05) is 18.2 Å². The molecule has 1 heterocycles. The molecule has 0 radical (unpaired) electrons. The van der Waals surface area contributed by atoms with E-state index in [2.05, 4.69) is 15.3 Å². The van der Waals surface area contributed by atoms with E-state index in [1.807, 2.05) is 13.8 Å². The molecule has 0 aliphatic heterocycles. The van der Waals surface area contributed by atoms with Crippen LogP contribution in [0, 0.1) is 0 Å². The lowest BCUT2D eigenvalue weighted by Gasteiger charge is -2.12. The molecular formula is C8H14N4O. The molecule has 0 amide bonds. The summed E-state index contributed by atoms with van der Waals surface area (Å²) in [4.78, 5) is 7.84. The smallest absolute Gasteiger partial charge is 0.203 e. The second kappa shape index (κ2) is 3.93. The van der Waals surface area contributed by atoms with Crippen LogP contribution in [0.1, 0.15) is 13.8 Å². The molecule has 0 aromatic carbocycles. The van der Waals surface area contributed by atoms with Crippen LogP contribution in [0.4, 0.5) is 11.6 Å². The minimum atomic E-state index is 0.281. The monoisotopic (exact) mass is 182 g/mol. The largest absolute Gasteiger partial charge is 0.490 e. The summed E-state index contributed by atoms with van der Waals surface area (Å²) in [5.41, 5.74) is 5.59. The summed E-state index contributed by atoms with van der Waals surface area (Å²) < 4.78 is 5.06. The first-order valence-corrected chi connectivity index (χ1v) is 4.06. The second-order valence-electron chi connectivity index (χ2n) is 2.94. The van der Waals surface area contributed by atoms with Gasteiger partial charge in [0.2, 0.25) is 5.75 Å². The molecule has 0 aliphatic rings. The number of anilines is 2. The number of methoxy groups -OCH3 is 1. The van der Waals surface area contributed by atoms with Gasteiger partial charge < -0.3 is 15.8 Å². The van der Waals surface area contributed by atoms with E-state index >= 15 is 0 Å². The second-order valence-corrected chi connectivity index (χ2v) is 2.94. The standard InChI is InChI=1S/C8H14N4O/c1-5(2)12-8-6(13-3)7(9)10-4-11-8/h4-5H,1-3H3,(H3,9,10,11,12). The van der Waals surface area contributed by atoms with Gasteiger partial charge in [-0.2, -0.15) is 0 Å². The molecule has 72 valence electrons. The summed E-state index contributed by atoms with van der Waals surface area (Å²) in [7, 11) is 1.54. The van der Waals surface area contributed by atoms with Gasteiger partial charge in [-0.15, -0.1) is 0 Å². The zero-order chi connectivity index (χ0) is 9.84. The average Bonchev–Trinajstić information content (AvgIpc) is 2.03. The number of aromatic nitrogens is 2. The van der Waals surface area contributed by atoms with Gasteiger partial charge in [-0.25, -0.2) is 9.97 Å². The van der Waals surface area contributed by atoms with Gasteiger partial charge in [-0.05, 0) is 13.8 Å². The van der Waals surface area contributed by atoms with Crippen LogP contribution in [-0.2, 0) is 0 Å². The summed E-state index contributed by atoms with van der Waals surface area (Å²) >= 11 is 0. The third kappa shape index (κ3) is 2.21. The molecular weight excluding hydrogens is 168 g/mol. The Hall–Kier alpha value is -1.52. The normalized spacial score (nSPS) is 10.2. The van der Waals surface area contributed by atoms with Gasteiger partial charge in [0.15, 0.2) is 11.6 Å². The third-order valence-electron chi connectivity index (χ3n) is 1.46. The number of hydrogen-bond acceptors (Lipinski definition) is 5. The maximum absolute atomic E-state index is 5.59. The highest BCUT2D eigenvalue weighted by atomic mass is 16.5. The summed E-state index contributed by atoms with van der Waals surface area (Å²) in [5.74, 6) is 1.47. The van der Waals surface area contributed by atoms with Crippen LogP contribution >= 0.6 is 0 Å². The van der Waals surface area contributed by atoms with Crippen molar-refractivity contribution in [3.63, 3.8) is 0 Å². The topological polar surface area (TPSA) is 73.1 Å². The maximum Gasteiger partial charge on any atom is 0.203 e. The molecule has 0 unspecified atom stereocenters. The van der Waals surface area contributed by atoms with Crippen molar-refractivity contribution in [3.05, 3.63) is 6.33 Å². The van der Waals surface area contributed by atoms with Crippen LogP contribution in [0.25, 0.3) is 0 Å². The molecule has 1 aromatic rings. The van der Waals surface area contributed by atoms with Crippen molar-refractivity contribution < 1.29 is 4.74 Å². The lowest BCUT2D eigenvalue weighted by atomic mass is 10.4. The van der Waals surface area contributed by atoms with Gasteiger partial charge in [0, 0.05) is 6.04 Å². The maximum atomic E-state index is 5.59. The number of ether oxygens (including phenoxy) is 1. The van der Waals surface area contributed by atoms with Gasteiger partial charge in [-0.1, -0.05) is 0 Å². The fourth-order valence-corrected chi connectivity index (χ4v) is 0.965. The van der Waals surface area contributed by atoms with Gasteiger partial charge in [0.25, 0.3) is 0 Å². The van der Waals surface area contributed by atoms with E-state index in [1.54, 1.807) is 7.11 Å². The molecule has 5 heteroatoms. The Balaban J connectivity index is 2.98. The van der Waals surface area contributed by atoms with Crippen molar-refractivity contribution in [2.45, 2.75) is 19.9 Å². The number of nitrogens with two attached hydrogens (primary N) is 1. The highest BCUT2D eigenvalue weighted by Gasteiger charge is 2.09. The van der Waals surface area contributed by atoms with E-state index in [-0.39, 0.29) is 6.04 Å². The molecule has 0 saturated carbocycles. The molecule has 1 rings (SSSR count). The minimum absolute atomic E-state index is 0.281. The number of hydrogen-bond donors (Lipinski definition) is 2. The van der Waals surface area contributed by atoms with Crippen molar-refractivity contribution in [1.82, 2.24) is 9.97 Å². The first kappa shape index (κ1) is 9.57. The minimum Gasteiger partial charge on any atom is -0.490 e. The van der Waals surface area contributed by atoms with Crippen molar-refractivity contribution in [2.24, 2.45) is 0 Å². The Bertz CT molecular complexity index is 287. The Morgan fingerprint density at radius 1 is 1.46 bits per heavy atom. The van der Waals surface area contributed by atoms with Crippen LogP contribution in [0.3, 0.4) is 0 Å².